The summed E-state index contributed by atoms with van der Waals surface area (Å²) in [5, 5.41) is 3.89. The summed E-state index contributed by atoms with van der Waals surface area (Å²) in [5.74, 6) is 0.767. The molecule has 4 rings (SSSR count). The first kappa shape index (κ1) is 14.8. The molecule has 1 aliphatic rings. The summed E-state index contributed by atoms with van der Waals surface area (Å²) in [5.41, 5.74) is 1.98. The van der Waals surface area contributed by atoms with Crippen molar-refractivity contribution in [3.8, 4) is 5.75 Å². The molecule has 1 fully saturated rings. The Kier molecular flexibility index (Phi) is 3.53. The fourth-order valence-corrected chi connectivity index (χ4v) is 3.16. The molecule has 0 saturated heterocycles. The highest BCUT2D eigenvalue weighted by atomic mass is 16.5. The number of hydrogen-bond donors (Lipinski definition) is 1. The quantitative estimate of drug-likeness (QED) is 0.775. The molecular formula is C20H19NO3. The molecule has 1 saturated carbocycles. The van der Waals surface area contributed by atoms with Crippen molar-refractivity contribution in [2.75, 3.05) is 13.7 Å². The Morgan fingerprint density at radius 2 is 1.96 bits per heavy atom. The molecule has 122 valence electrons. The molecule has 1 heterocycles. The molecule has 4 nitrogen and oxygen atoms in total. The fraction of sp³-hybridized carbons (Fsp3) is 0.250. The van der Waals surface area contributed by atoms with E-state index in [0.717, 1.165) is 18.2 Å². The zero-order valence-corrected chi connectivity index (χ0v) is 13.5. The van der Waals surface area contributed by atoms with E-state index < -0.39 is 0 Å². The molecule has 3 aromatic rings. The van der Waals surface area contributed by atoms with E-state index in [1.54, 1.807) is 13.2 Å². The van der Waals surface area contributed by atoms with Gasteiger partial charge < -0.3 is 14.5 Å². The van der Waals surface area contributed by atoms with Gasteiger partial charge in [0.1, 0.15) is 0 Å². The van der Waals surface area contributed by atoms with E-state index in [0.29, 0.717) is 23.6 Å². The smallest absolute Gasteiger partial charge is 0.287 e. The molecule has 0 aliphatic heterocycles. The summed E-state index contributed by atoms with van der Waals surface area (Å²) in [7, 11) is 1.59. The van der Waals surface area contributed by atoms with Crippen molar-refractivity contribution >= 4 is 16.9 Å². The van der Waals surface area contributed by atoms with Crippen LogP contribution in [0.15, 0.2) is 59.0 Å². The van der Waals surface area contributed by atoms with Crippen LogP contribution in [-0.4, -0.2) is 19.6 Å². The lowest BCUT2D eigenvalue weighted by Gasteiger charge is -2.16. The van der Waals surface area contributed by atoms with Crippen LogP contribution in [0.1, 0.15) is 29.0 Å². The van der Waals surface area contributed by atoms with E-state index in [9.17, 15) is 4.79 Å². The van der Waals surface area contributed by atoms with Crippen LogP contribution in [0.3, 0.4) is 0 Å². The van der Waals surface area contributed by atoms with Gasteiger partial charge in [0.15, 0.2) is 17.1 Å². The van der Waals surface area contributed by atoms with Gasteiger partial charge in [0.05, 0.1) is 7.11 Å². The highest BCUT2D eigenvalue weighted by Crippen LogP contribution is 2.47. The van der Waals surface area contributed by atoms with Crippen molar-refractivity contribution in [1.82, 2.24) is 5.32 Å². The van der Waals surface area contributed by atoms with Gasteiger partial charge in [-0.05, 0) is 30.5 Å². The third-order valence-electron chi connectivity index (χ3n) is 4.78. The van der Waals surface area contributed by atoms with Gasteiger partial charge in [-0.3, -0.25) is 4.79 Å². The summed E-state index contributed by atoms with van der Waals surface area (Å²) >= 11 is 0. The fourth-order valence-electron chi connectivity index (χ4n) is 3.16. The molecule has 4 heteroatoms. The van der Waals surface area contributed by atoms with Gasteiger partial charge >= 0.3 is 0 Å². The number of amides is 1. The van der Waals surface area contributed by atoms with Crippen LogP contribution < -0.4 is 10.1 Å². The van der Waals surface area contributed by atoms with Crippen LogP contribution in [0.5, 0.6) is 5.75 Å². The Bertz CT molecular complexity index is 878. The normalized spacial score (nSPS) is 15.2. The second kappa shape index (κ2) is 5.71. The maximum atomic E-state index is 12.5. The van der Waals surface area contributed by atoms with E-state index in [2.05, 4.69) is 17.4 Å². The van der Waals surface area contributed by atoms with Gasteiger partial charge in [-0.15, -0.1) is 0 Å². The average molecular weight is 321 g/mol. The summed E-state index contributed by atoms with van der Waals surface area (Å²) in [6.45, 7) is 0.629. The Balaban J connectivity index is 1.51. The van der Waals surface area contributed by atoms with E-state index in [1.165, 1.54) is 5.56 Å². The molecule has 24 heavy (non-hydrogen) atoms. The lowest BCUT2D eigenvalue weighted by molar-refractivity contribution is 0.0924. The summed E-state index contributed by atoms with van der Waals surface area (Å²) < 4.78 is 11.0. The Hall–Kier alpha value is -2.75. The van der Waals surface area contributed by atoms with Crippen LogP contribution in [0.2, 0.25) is 0 Å². The number of rotatable bonds is 5. The molecule has 1 N–H and O–H groups in total. The first-order valence-electron chi connectivity index (χ1n) is 8.12. The molecule has 0 spiro atoms. The molecule has 0 unspecified atom stereocenters. The SMILES string of the molecule is COc1cccc2cc(C(=O)NCC3(c4ccccc4)CC3)oc12. The van der Waals surface area contributed by atoms with Crippen molar-refractivity contribution in [2.45, 2.75) is 18.3 Å². The average Bonchev–Trinajstić information content (AvgIpc) is 3.30. The number of fused-ring (bicyclic) bond motifs is 1. The van der Waals surface area contributed by atoms with Gasteiger partial charge in [0.2, 0.25) is 0 Å². The first-order chi connectivity index (χ1) is 11.7. The van der Waals surface area contributed by atoms with Crippen LogP contribution >= 0.6 is 0 Å². The van der Waals surface area contributed by atoms with E-state index in [1.807, 2.05) is 36.4 Å². The Morgan fingerprint density at radius 3 is 2.67 bits per heavy atom. The molecule has 0 bridgehead atoms. The lowest BCUT2D eigenvalue weighted by Crippen LogP contribution is -2.32. The van der Waals surface area contributed by atoms with Gasteiger partial charge in [-0.25, -0.2) is 0 Å². The van der Waals surface area contributed by atoms with E-state index >= 15 is 0 Å². The molecular weight excluding hydrogens is 302 g/mol. The van der Waals surface area contributed by atoms with Crippen molar-refractivity contribution in [1.29, 1.82) is 0 Å². The second-order valence-electron chi connectivity index (χ2n) is 6.32. The number of benzene rings is 2. The molecule has 0 radical (unpaired) electrons. The largest absolute Gasteiger partial charge is 0.493 e. The van der Waals surface area contributed by atoms with Gasteiger partial charge in [-0.1, -0.05) is 42.5 Å². The number of hydrogen-bond acceptors (Lipinski definition) is 3. The van der Waals surface area contributed by atoms with Crippen LogP contribution in [-0.2, 0) is 5.41 Å². The third kappa shape index (κ3) is 2.54. The standard InChI is InChI=1S/C20H19NO3/c1-23-16-9-5-6-14-12-17(24-18(14)16)19(22)21-13-20(10-11-20)15-7-3-2-4-8-15/h2-9,12H,10-11,13H2,1H3,(H,21,22). The Morgan fingerprint density at radius 1 is 1.17 bits per heavy atom. The predicted molar refractivity (Wildman–Crippen MR) is 92.5 cm³/mol. The van der Waals surface area contributed by atoms with Crippen LogP contribution in [0, 0.1) is 0 Å². The number of furan rings is 1. The van der Waals surface area contributed by atoms with Gasteiger partial charge in [-0.2, -0.15) is 0 Å². The van der Waals surface area contributed by atoms with E-state index in [4.69, 9.17) is 9.15 Å². The highest BCUT2D eigenvalue weighted by Gasteiger charge is 2.44. The maximum absolute atomic E-state index is 12.5. The number of nitrogens with one attached hydrogen (secondary N) is 1. The zero-order chi connectivity index (χ0) is 16.6. The predicted octanol–water partition coefficient (Wildman–Crippen LogP) is 3.90. The second-order valence-corrected chi connectivity index (χ2v) is 6.32. The minimum atomic E-state index is -0.185. The number of para-hydroxylation sites is 1. The minimum absolute atomic E-state index is 0.0840. The number of ether oxygens (including phenoxy) is 1. The van der Waals surface area contributed by atoms with Crippen molar-refractivity contribution in [3.05, 3.63) is 65.9 Å². The Labute approximate surface area is 140 Å². The maximum Gasteiger partial charge on any atom is 0.287 e. The monoisotopic (exact) mass is 321 g/mol. The number of methoxy groups -OCH3 is 1. The van der Waals surface area contributed by atoms with Gasteiger partial charge in [0, 0.05) is 17.3 Å². The number of carbonyl (C=O) groups excluding carboxylic acids is 1. The molecule has 1 amide bonds. The van der Waals surface area contributed by atoms with Crippen molar-refractivity contribution in [3.63, 3.8) is 0 Å². The van der Waals surface area contributed by atoms with E-state index in [-0.39, 0.29) is 11.3 Å². The zero-order valence-electron chi connectivity index (χ0n) is 13.5. The lowest BCUT2D eigenvalue weighted by atomic mass is 9.96. The molecule has 1 aromatic heterocycles. The molecule has 0 atom stereocenters. The third-order valence-corrected chi connectivity index (χ3v) is 4.78. The number of carbonyl (C=O) groups is 1. The molecule has 2 aromatic carbocycles. The first-order valence-corrected chi connectivity index (χ1v) is 8.12. The van der Waals surface area contributed by atoms with Crippen LogP contribution in [0.4, 0.5) is 0 Å². The highest BCUT2D eigenvalue weighted by molar-refractivity contribution is 5.97. The van der Waals surface area contributed by atoms with Gasteiger partial charge in [0.25, 0.3) is 5.91 Å². The van der Waals surface area contributed by atoms with Crippen molar-refractivity contribution < 1.29 is 13.9 Å². The summed E-state index contributed by atoms with van der Waals surface area (Å²) in [6, 6.07) is 17.7. The summed E-state index contributed by atoms with van der Waals surface area (Å²) in [4.78, 5) is 12.5. The summed E-state index contributed by atoms with van der Waals surface area (Å²) in [6.07, 6.45) is 2.20. The van der Waals surface area contributed by atoms with Crippen LogP contribution in [0.25, 0.3) is 11.0 Å². The molecule has 1 aliphatic carbocycles. The minimum Gasteiger partial charge on any atom is -0.493 e. The topological polar surface area (TPSA) is 51.5 Å². The van der Waals surface area contributed by atoms with Crippen molar-refractivity contribution in [2.24, 2.45) is 0 Å².